The molecular weight excluding hydrogens is 138 g/mol. The zero-order valence-electron chi connectivity index (χ0n) is 4.53. The number of hydrogen-bond acceptors (Lipinski definition) is 4. The van der Waals surface area contributed by atoms with Gasteiger partial charge >= 0.3 is 0 Å². The maximum Gasteiger partial charge on any atom is 0.269 e. The smallest absolute Gasteiger partial charge is 0.269 e. The molecule has 1 aromatic heterocycles. The molecule has 0 amide bonds. The third kappa shape index (κ3) is 1.53. The first-order chi connectivity index (χ1) is 4.33. The molecule has 0 saturated heterocycles. The van der Waals surface area contributed by atoms with Crippen molar-refractivity contribution >= 4 is 12.6 Å². The van der Waals surface area contributed by atoms with Crippen LogP contribution in [0.1, 0.15) is 5.82 Å². The van der Waals surface area contributed by atoms with Crippen molar-refractivity contribution in [1.29, 1.82) is 0 Å². The van der Waals surface area contributed by atoms with Gasteiger partial charge in [-0.25, -0.2) is 0 Å². The van der Waals surface area contributed by atoms with Crippen LogP contribution in [0.15, 0.2) is 11.0 Å². The summed E-state index contributed by atoms with van der Waals surface area (Å²) in [4.78, 5) is 12.9. The van der Waals surface area contributed by atoms with E-state index >= 15 is 0 Å². The molecule has 0 aliphatic heterocycles. The average Bonchev–Trinajstić information content (AvgIpc) is 1.88. The number of aromatic nitrogens is 3. The SMILES string of the molecule is O=c1cnnc(CS)[nH]1. The van der Waals surface area contributed by atoms with Crippen molar-refractivity contribution in [3.05, 3.63) is 22.4 Å². The lowest BCUT2D eigenvalue weighted by molar-refractivity contribution is 0.876. The highest BCUT2D eigenvalue weighted by Gasteiger charge is 1.88. The minimum absolute atomic E-state index is 0.242. The molecule has 0 aromatic carbocycles. The van der Waals surface area contributed by atoms with Crippen LogP contribution in [0.5, 0.6) is 0 Å². The summed E-state index contributed by atoms with van der Waals surface area (Å²) in [5.41, 5.74) is -0.242. The van der Waals surface area contributed by atoms with Gasteiger partial charge in [0, 0.05) is 0 Å². The maximum atomic E-state index is 10.5. The van der Waals surface area contributed by atoms with E-state index < -0.39 is 0 Å². The Hall–Kier alpha value is -0.840. The third-order valence-electron chi connectivity index (χ3n) is 0.771. The normalized spacial score (nSPS) is 9.44. The molecule has 9 heavy (non-hydrogen) atoms. The van der Waals surface area contributed by atoms with Crippen molar-refractivity contribution in [2.24, 2.45) is 0 Å². The Morgan fingerprint density at radius 1 is 1.78 bits per heavy atom. The molecule has 0 atom stereocenters. The monoisotopic (exact) mass is 143 g/mol. The molecule has 0 unspecified atom stereocenters. The summed E-state index contributed by atoms with van der Waals surface area (Å²) in [7, 11) is 0. The fourth-order valence-electron chi connectivity index (χ4n) is 0.422. The Morgan fingerprint density at radius 3 is 3.00 bits per heavy atom. The van der Waals surface area contributed by atoms with Crippen molar-refractivity contribution in [1.82, 2.24) is 15.2 Å². The summed E-state index contributed by atoms with van der Waals surface area (Å²) in [5, 5.41) is 6.99. The van der Waals surface area contributed by atoms with Gasteiger partial charge in [-0.05, 0) is 0 Å². The lowest BCUT2D eigenvalue weighted by Gasteiger charge is -1.87. The van der Waals surface area contributed by atoms with Crippen LogP contribution >= 0.6 is 12.6 Å². The molecule has 5 heteroatoms. The number of nitrogens with zero attached hydrogens (tertiary/aromatic N) is 2. The van der Waals surface area contributed by atoms with Crippen LogP contribution in [0.25, 0.3) is 0 Å². The van der Waals surface area contributed by atoms with Gasteiger partial charge in [-0.15, -0.1) is 5.10 Å². The van der Waals surface area contributed by atoms with Crippen molar-refractivity contribution in [3.8, 4) is 0 Å². The third-order valence-corrected chi connectivity index (χ3v) is 1.07. The molecule has 48 valence electrons. The number of nitrogens with one attached hydrogen (secondary N) is 1. The zero-order valence-corrected chi connectivity index (χ0v) is 5.43. The molecule has 0 fully saturated rings. The highest BCUT2D eigenvalue weighted by atomic mass is 32.1. The van der Waals surface area contributed by atoms with Crippen LogP contribution in [-0.4, -0.2) is 15.2 Å². The fourth-order valence-corrected chi connectivity index (χ4v) is 0.564. The van der Waals surface area contributed by atoms with E-state index in [1.165, 1.54) is 0 Å². The summed E-state index contributed by atoms with van der Waals surface area (Å²) in [6.07, 6.45) is 1.12. The number of aromatic amines is 1. The number of hydrogen-bond donors (Lipinski definition) is 2. The molecule has 1 rings (SSSR count). The maximum absolute atomic E-state index is 10.5. The molecule has 1 aromatic rings. The Labute approximate surface area is 56.7 Å². The summed E-state index contributed by atoms with van der Waals surface area (Å²) in [6, 6.07) is 0. The summed E-state index contributed by atoms with van der Waals surface area (Å²) in [6.45, 7) is 0. The second-order valence-electron chi connectivity index (χ2n) is 1.44. The van der Waals surface area contributed by atoms with E-state index in [-0.39, 0.29) is 5.56 Å². The lowest BCUT2D eigenvalue weighted by Crippen LogP contribution is -2.09. The van der Waals surface area contributed by atoms with Crippen molar-refractivity contribution < 1.29 is 0 Å². The topological polar surface area (TPSA) is 58.6 Å². The van der Waals surface area contributed by atoms with Crippen LogP contribution in [0, 0.1) is 0 Å². The highest BCUT2D eigenvalue weighted by molar-refractivity contribution is 7.79. The molecular formula is C4H5N3OS. The Kier molecular flexibility index (Phi) is 1.84. The Morgan fingerprint density at radius 2 is 2.56 bits per heavy atom. The van der Waals surface area contributed by atoms with Crippen molar-refractivity contribution in [3.63, 3.8) is 0 Å². The Balaban J connectivity index is 3.08. The fraction of sp³-hybridized carbons (Fsp3) is 0.250. The number of thiol groups is 1. The van der Waals surface area contributed by atoms with Gasteiger partial charge in [0.15, 0.2) is 0 Å². The second-order valence-corrected chi connectivity index (χ2v) is 1.75. The first kappa shape index (κ1) is 6.28. The highest BCUT2D eigenvalue weighted by Crippen LogP contribution is 1.85. The van der Waals surface area contributed by atoms with Gasteiger partial charge in [0.25, 0.3) is 5.56 Å². The van der Waals surface area contributed by atoms with Crippen molar-refractivity contribution in [2.75, 3.05) is 0 Å². The van der Waals surface area contributed by atoms with Gasteiger partial charge in [0.2, 0.25) is 0 Å². The van der Waals surface area contributed by atoms with Gasteiger partial charge in [-0.2, -0.15) is 17.7 Å². The van der Waals surface area contributed by atoms with Crippen LogP contribution in [-0.2, 0) is 5.75 Å². The van der Waals surface area contributed by atoms with Crippen LogP contribution in [0.4, 0.5) is 0 Å². The standard InChI is InChI=1S/C4H5N3OS/c8-4-1-5-7-3(2-9)6-4/h1,9H,2H2,(H,6,7,8). The lowest BCUT2D eigenvalue weighted by atomic mass is 10.7. The zero-order chi connectivity index (χ0) is 6.69. The molecule has 0 spiro atoms. The first-order valence-corrected chi connectivity index (χ1v) is 2.98. The Bertz CT molecular complexity index is 246. The van der Waals surface area contributed by atoms with E-state index in [9.17, 15) is 4.79 Å². The molecule has 4 nitrogen and oxygen atoms in total. The molecule has 0 bridgehead atoms. The molecule has 0 radical (unpaired) electrons. The van der Waals surface area contributed by atoms with Gasteiger partial charge in [-0.1, -0.05) is 0 Å². The van der Waals surface area contributed by atoms with E-state index in [2.05, 4.69) is 27.8 Å². The predicted molar refractivity (Wildman–Crippen MR) is 35.3 cm³/mol. The van der Waals surface area contributed by atoms with Gasteiger partial charge in [0.1, 0.15) is 12.0 Å². The van der Waals surface area contributed by atoms with Gasteiger partial charge in [-0.3, -0.25) is 4.79 Å². The minimum Gasteiger partial charge on any atom is -0.307 e. The second kappa shape index (κ2) is 2.63. The molecule has 1 N–H and O–H groups in total. The largest absolute Gasteiger partial charge is 0.307 e. The van der Waals surface area contributed by atoms with E-state index in [0.29, 0.717) is 11.6 Å². The van der Waals surface area contributed by atoms with E-state index in [1.807, 2.05) is 0 Å². The predicted octanol–water partition coefficient (Wildman–Crippen LogP) is -0.405. The quantitative estimate of drug-likeness (QED) is 0.526. The van der Waals surface area contributed by atoms with Gasteiger partial charge < -0.3 is 4.98 Å². The van der Waals surface area contributed by atoms with Crippen LogP contribution < -0.4 is 5.56 Å². The van der Waals surface area contributed by atoms with Crippen LogP contribution in [0.2, 0.25) is 0 Å². The summed E-state index contributed by atoms with van der Waals surface area (Å²) >= 11 is 3.88. The first-order valence-electron chi connectivity index (χ1n) is 2.34. The van der Waals surface area contributed by atoms with E-state index in [0.717, 1.165) is 6.20 Å². The summed E-state index contributed by atoms with van der Waals surface area (Å²) < 4.78 is 0. The number of rotatable bonds is 1. The van der Waals surface area contributed by atoms with Gasteiger partial charge in [0.05, 0.1) is 5.75 Å². The van der Waals surface area contributed by atoms with E-state index in [4.69, 9.17) is 0 Å². The minimum atomic E-state index is -0.242. The van der Waals surface area contributed by atoms with Crippen LogP contribution in [0.3, 0.4) is 0 Å². The van der Waals surface area contributed by atoms with E-state index in [1.54, 1.807) is 0 Å². The summed E-state index contributed by atoms with van der Waals surface area (Å²) in [5.74, 6) is 0.897. The molecule has 1 heterocycles. The average molecular weight is 143 g/mol. The molecule has 0 aliphatic rings. The van der Waals surface area contributed by atoms with Crippen molar-refractivity contribution in [2.45, 2.75) is 5.75 Å². The number of H-pyrrole nitrogens is 1. The molecule has 0 saturated carbocycles. The molecule has 0 aliphatic carbocycles.